The van der Waals surface area contributed by atoms with E-state index >= 15 is 0 Å². The maximum atomic E-state index is 14.0. The van der Waals surface area contributed by atoms with Crippen molar-refractivity contribution in [1.82, 2.24) is 34.2 Å². The number of fused-ring (bicyclic) bond motifs is 2. The van der Waals surface area contributed by atoms with Crippen molar-refractivity contribution in [3.05, 3.63) is 96.8 Å². The van der Waals surface area contributed by atoms with E-state index in [1.54, 1.807) is 26.4 Å². The number of aryl methyl sites for hydroxylation is 2. The van der Waals surface area contributed by atoms with Gasteiger partial charge in [-0.05, 0) is 61.1 Å². The lowest BCUT2D eigenvalue weighted by molar-refractivity contribution is 0.146. The van der Waals surface area contributed by atoms with Crippen LogP contribution in [0.15, 0.2) is 58.1 Å². The molecule has 0 radical (unpaired) electrons. The van der Waals surface area contributed by atoms with Crippen LogP contribution in [0.2, 0.25) is 5.02 Å². The minimum atomic E-state index is -2.94. The molecule has 1 aliphatic carbocycles. The number of carbonyl (C=O) groups is 1. The second kappa shape index (κ2) is 14.8. The number of benzene rings is 2. The molecular formula is C41H43ClF2N8O5. The van der Waals surface area contributed by atoms with Crippen molar-refractivity contribution in [2.45, 2.75) is 44.2 Å². The lowest BCUT2D eigenvalue weighted by Gasteiger charge is -2.28. The van der Waals surface area contributed by atoms with Crippen LogP contribution in [0.3, 0.4) is 0 Å². The third kappa shape index (κ3) is 6.60. The van der Waals surface area contributed by atoms with Crippen molar-refractivity contribution in [3.63, 3.8) is 0 Å². The minimum Gasteiger partial charge on any atom is -0.481 e. The summed E-state index contributed by atoms with van der Waals surface area (Å²) < 4.78 is 41.3. The standard InChI is InChI=1S/C41H43ClF2N8O5/c1-22-24(8-7-11-27(22)45-36-33-31(19-29(46-36)35(43)44)49(2)40(55)50(3)38(33)53)25-9-6-10-26(34(25)42)28-18-23-12-13-30(32(23)37(47-28)57-5)51-15-14-41(20-51)21-52(16-17-56-4)39(54)48-41/h6-11,18-19,30,35H,12-17,20-21H2,1-5H3,(H,45,46)(H,48,54)/t30-,41+/m1/s1. The third-order valence-electron chi connectivity index (χ3n) is 11.7. The zero-order valence-electron chi connectivity index (χ0n) is 32.3. The molecule has 5 heterocycles. The second-order valence-electron chi connectivity index (χ2n) is 15.1. The molecule has 3 aliphatic rings. The fourth-order valence-electron chi connectivity index (χ4n) is 8.75. The van der Waals surface area contributed by atoms with Crippen LogP contribution in [0.5, 0.6) is 5.88 Å². The molecule has 2 saturated heterocycles. The number of anilines is 2. The topological polar surface area (TPSA) is 136 Å². The van der Waals surface area contributed by atoms with Crippen LogP contribution >= 0.6 is 11.6 Å². The number of hydrogen-bond donors (Lipinski definition) is 2. The molecule has 57 heavy (non-hydrogen) atoms. The van der Waals surface area contributed by atoms with Gasteiger partial charge in [-0.25, -0.2) is 28.3 Å². The molecule has 8 rings (SSSR count). The van der Waals surface area contributed by atoms with Crippen molar-refractivity contribution in [3.8, 4) is 28.3 Å². The van der Waals surface area contributed by atoms with E-state index in [0.29, 0.717) is 53.1 Å². The number of rotatable bonds is 10. The summed E-state index contributed by atoms with van der Waals surface area (Å²) in [5, 5.41) is 6.85. The molecule has 2 amide bonds. The van der Waals surface area contributed by atoms with E-state index in [4.69, 9.17) is 26.1 Å². The molecule has 1 spiro atoms. The Kier molecular flexibility index (Phi) is 10.0. The molecule has 2 fully saturated rings. The molecule has 5 aromatic rings. The molecule has 16 heteroatoms. The summed E-state index contributed by atoms with van der Waals surface area (Å²) in [5.41, 5.74) is 4.16. The van der Waals surface area contributed by atoms with Crippen LogP contribution in [0.25, 0.3) is 33.3 Å². The number of alkyl halides is 2. The number of halogens is 3. The molecule has 298 valence electrons. The number of amides is 2. The number of aromatic nitrogens is 4. The number of pyridine rings is 2. The molecule has 0 bridgehead atoms. The molecule has 0 saturated carbocycles. The van der Waals surface area contributed by atoms with Gasteiger partial charge in [0.1, 0.15) is 16.9 Å². The van der Waals surface area contributed by atoms with E-state index in [1.165, 1.54) is 14.1 Å². The van der Waals surface area contributed by atoms with Gasteiger partial charge in [-0.1, -0.05) is 41.9 Å². The normalized spacial score (nSPS) is 19.3. The highest BCUT2D eigenvalue weighted by Crippen LogP contribution is 2.47. The van der Waals surface area contributed by atoms with Gasteiger partial charge in [0, 0.05) is 75.8 Å². The average molecular weight is 801 g/mol. The zero-order chi connectivity index (χ0) is 40.3. The highest BCUT2D eigenvalue weighted by Gasteiger charge is 2.49. The fraction of sp³-hybridized carbons (Fsp3) is 0.390. The Morgan fingerprint density at radius 2 is 1.77 bits per heavy atom. The van der Waals surface area contributed by atoms with Crippen molar-refractivity contribution < 1.29 is 23.0 Å². The molecule has 2 aliphatic heterocycles. The third-order valence-corrected chi connectivity index (χ3v) is 12.1. The molecule has 0 unspecified atom stereocenters. The Bertz CT molecular complexity index is 2560. The first-order valence-corrected chi connectivity index (χ1v) is 19.1. The van der Waals surface area contributed by atoms with E-state index in [9.17, 15) is 23.2 Å². The summed E-state index contributed by atoms with van der Waals surface area (Å²) >= 11 is 7.24. The highest BCUT2D eigenvalue weighted by molar-refractivity contribution is 6.36. The van der Waals surface area contributed by atoms with Crippen LogP contribution in [0.1, 0.15) is 47.7 Å². The summed E-state index contributed by atoms with van der Waals surface area (Å²) in [6.45, 7) is 5.14. The number of nitrogens with one attached hydrogen (secondary N) is 2. The van der Waals surface area contributed by atoms with Gasteiger partial charge < -0.3 is 25.0 Å². The first kappa shape index (κ1) is 38.5. The van der Waals surface area contributed by atoms with E-state index < -0.39 is 23.4 Å². The number of likely N-dealkylation sites (tertiary alicyclic amines) is 1. The van der Waals surface area contributed by atoms with Gasteiger partial charge >= 0.3 is 11.7 Å². The summed E-state index contributed by atoms with van der Waals surface area (Å²) in [5.74, 6) is 0.453. The Morgan fingerprint density at radius 1 is 1.02 bits per heavy atom. The van der Waals surface area contributed by atoms with Crippen molar-refractivity contribution in [1.29, 1.82) is 0 Å². The van der Waals surface area contributed by atoms with Crippen molar-refractivity contribution in [2.75, 3.05) is 52.3 Å². The Balaban J connectivity index is 1.11. The average Bonchev–Trinajstić information content (AvgIpc) is 3.91. The molecule has 3 aromatic heterocycles. The predicted molar refractivity (Wildman–Crippen MR) is 214 cm³/mol. The molecular weight excluding hydrogens is 758 g/mol. The maximum absolute atomic E-state index is 14.0. The number of ether oxygens (including phenoxy) is 2. The molecule has 13 nitrogen and oxygen atoms in total. The highest BCUT2D eigenvalue weighted by atomic mass is 35.5. The zero-order valence-corrected chi connectivity index (χ0v) is 33.0. The molecule has 2 aromatic carbocycles. The van der Waals surface area contributed by atoms with Crippen molar-refractivity contribution >= 4 is 40.0 Å². The predicted octanol–water partition coefficient (Wildman–Crippen LogP) is 6.12. The van der Waals surface area contributed by atoms with Crippen LogP contribution in [0, 0.1) is 6.92 Å². The smallest absolute Gasteiger partial charge is 0.330 e. The van der Waals surface area contributed by atoms with E-state index in [1.807, 2.05) is 36.1 Å². The quantitative estimate of drug-likeness (QED) is 0.171. The van der Waals surface area contributed by atoms with Gasteiger partial charge in [-0.2, -0.15) is 0 Å². The molecule has 2 N–H and O–H groups in total. The number of methoxy groups -OCH3 is 2. The number of hydrogen-bond acceptors (Lipinski definition) is 9. The lowest BCUT2D eigenvalue weighted by Crippen LogP contribution is -2.46. The second-order valence-corrected chi connectivity index (χ2v) is 15.4. The summed E-state index contributed by atoms with van der Waals surface area (Å²) in [7, 11) is 6.02. The number of nitrogens with zero attached hydrogens (tertiary/aromatic N) is 6. The van der Waals surface area contributed by atoms with Gasteiger partial charge in [-0.15, -0.1) is 0 Å². The largest absolute Gasteiger partial charge is 0.481 e. The SMILES string of the molecule is COCCN1C[C@@]2(CCN([C@@H]3CCc4cc(-c5cccc(-c6cccc(Nc7nc(C(F)F)cc8c7c(=O)n(C)c(=O)n8C)c6C)c5Cl)nc(OC)c43)C2)NC1=O. The van der Waals surface area contributed by atoms with Crippen LogP contribution in [-0.4, -0.2) is 87.5 Å². The number of urea groups is 1. The first-order chi connectivity index (χ1) is 27.3. The monoisotopic (exact) mass is 800 g/mol. The fourth-order valence-corrected chi connectivity index (χ4v) is 9.07. The van der Waals surface area contributed by atoms with E-state index in [0.717, 1.165) is 69.8 Å². The Hall–Kier alpha value is -5.38. The number of carbonyl (C=O) groups excluding carboxylic acids is 1. The Labute approximate surface area is 332 Å². The minimum absolute atomic E-state index is 0.00633. The van der Waals surface area contributed by atoms with Gasteiger partial charge in [0.15, 0.2) is 0 Å². The van der Waals surface area contributed by atoms with Crippen LogP contribution in [0.4, 0.5) is 25.1 Å². The van der Waals surface area contributed by atoms with Crippen molar-refractivity contribution in [2.24, 2.45) is 14.1 Å². The van der Waals surface area contributed by atoms with Crippen LogP contribution < -0.4 is 26.6 Å². The van der Waals surface area contributed by atoms with Crippen LogP contribution in [-0.2, 0) is 25.3 Å². The van der Waals surface area contributed by atoms with Gasteiger partial charge in [-0.3, -0.25) is 18.8 Å². The maximum Gasteiger partial charge on any atom is 0.330 e. The summed E-state index contributed by atoms with van der Waals surface area (Å²) in [6, 6.07) is 14.4. The first-order valence-electron chi connectivity index (χ1n) is 18.8. The van der Waals surface area contributed by atoms with E-state index in [2.05, 4.69) is 26.6 Å². The molecule has 2 atom stereocenters. The lowest BCUT2D eigenvalue weighted by atomic mass is 9.96. The van der Waals surface area contributed by atoms with Gasteiger partial charge in [0.05, 0.1) is 35.5 Å². The Morgan fingerprint density at radius 3 is 2.53 bits per heavy atom. The summed E-state index contributed by atoms with van der Waals surface area (Å²) in [4.78, 5) is 52.2. The van der Waals surface area contributed by atoms with Gasteiger partial charge in [0.25, 0.3) is 12.0 Å². The van der Waals surface area contributed by atoms with E-state index in [-0.39, 0.29) is 34.3 Å². The summed E-state index contributed by atoms with van der Waals surface area (Å²) in [6.07, 6.45) is -0.353. The van der Waals surface area contributed by atoms with Gasteiger partial charge in [0.2, 0.25) is 5.88 Å².